The van der Waals surface area contributed by atoms with Crippen molar-refractivity contribution in [1.29, 1.82) is 0 Å². The average molecular weight is 259 g/mol. The van der Waals surface area contributed by atoms with Crippen LogP contribution >= 0.6 is 0 Å². The molecule has 0 aliphatic heterocycles. The molecule has 1 N–H and O–H groups in total. The molecule has 0 saturated carbocycles. The predicted octanol–water partition coefficient (Wildman–Crippen LogP) is 1.92. The van der Waals surface area contributed by atoms with Crippen LogP contribution in [0.5, 0.6) is 5.75 Å². The van der Waals surface area contributed by atoms with Crippen LogP contribution in [0.3, 0.4) is 0 Å². The van der Waals surface area contributed by atoms with Gasteiger partial charge in [0.1, 0.15) is 11.4 Å². The summed E-state index contributed by atoms with van der Waals surface area (Å²) in [6.45, 7) is 1.93. The summed E-state index contributed by atoms with van der Waals surface area (Å²) in [6, 6.07) is 9.22. The molecule has 0 saturated heterocycles. The van der Waals surface area contributed by atoms with E-state index in [-0.39, 0.29) is 11.9 Å². The fourth-order valence-electron chi connectivity index (χ4n) is 1.78. The lowest BCUT2D eigenvalue weighted by Crippen LogP contribution is -2.27. The predicted molar refractivity (Wildman–Crippen MR) is 72.1 cm³/mol. The van der Waals surface area contributed by atoms with Gasteiger partial charge in [0.25, 0.3) is 5.91 Å². The maximum absolute atomic E-state index is 12.0. The molecular formula is C14H17N3O2. The standard InChI is InChI=1S/C14H17N3O2/c1-10(11-4-6-12(19-3)7-5-11)15-14(18)13-8-9-17(2)16-13/h4-10H,1-3H3,(H,15,18). The van der Waals surface area contributed by atoms with Gasteiger partial charge in [0.15, 0.2) is 0 Å². The van der Waals surface area contributed by atoms with E-state index in [9.17, 15) is 4.79 Å². The largest absolute Gasteiger partial charge is 0.497 e. The second-order valence-electron chi connectivity index (χ2n) is 4.34. The SMILES string of the molecule is COc1ccc(C(C)NC(=O)c2ccn(C)n2)cc1. The van der Waals surface area contributed by atoms with Crippen LogP contribution in [-0.2, 0) is 7.05 Å². The first kappa shape index (κ1) is 13.1. The van der Waals surface area contributed by atoms with Crippen molar-refractivity contribution in [2.24, 2.45) is 7.05 Å². The third kappa shape index (κ3) is 3.13. The second-order valence-corrected chi connectivity index (χ2v) is 4.34. The van der Waals surface area contributed by atoms with Crippen molar-refractivity contribution in [3.05, 3.63) is 47.8 Å². The van der Waals surface area contributed by atoms with Crippen LogP contribution in [0, 0.1) is 0 Å². The number of nitrogens with one attached hydrogen (secondary N) is 1. The number of carbonyl (C=O) groups is 1. The Bertz CT molecular complexity index is 560. The smallest absolute Gasteiger partial charge is 0.272 e. The van der Waals surface area contributed by atoms with Gasteiger partial charge in [-0.3, -0.25) is 9.48 Å². The number of nitrogens with zero attached hydrogens (tertiary/aromatic N) is 2. The van der Waals surface area contributed by atoms with Crippen LogP contribution in [0.4, 0.5) is 0 Å². The summed E-state index contributed by atoms with van der Waals surface area (Å²) < 4.78 is 6.71. The van der Waals surface area contributed by atoms with Crippen LogP contribution in [0.1, 0.15) is 29.0 Å². The highest BCUT2D eigenvalue weighted by Crippen LogP contribution is 2.17. The summed E-state index contributed by atoms with van der Waals surface area (Å²) >= 11 is 0. The van der Waals surface area contributed by atoms with Gasteiger partial charge >= 0.3 is 0 Å². The van der Waals surface area contributed by atoms with Gasteiger partial charge in [-0.1, -0.05) is 12.1 Å². The van der Waals surface area contributed by atoms with E-state index < -0.39 is 0 Å². The highest BCUT2D eigenvalue weighted by Gasteiger charge is 2.13. The molecule has 0 bridgehead atoms. The van der Waals surface area contributed by atoms with Gasteiger partial charge in [-0.25, -0.2) is 0 Å². The normalized spacial score (nSPS) is 11.9. The monoisotopic (exact) mass is 259 g/mol. The Balaban J connectivity index is 2.03. The van der Waals surface area contributed by atoms with E-state index in [0.29, 0.717) is 5.69 Å². The quantitative estimate of drug-likeness (QED) is 0.912. The van der Waals surface area contributed by atoms with Crippen molar-refractivity contribution in [2.75, 3.05) is 7.11 Å². The number of ether oxygens (including phenoxy) is 1. The van der Waals surface area contributed by atoms with Gasteiger partial charge in [0, 0.05) is 13.2 Å². The Hall–Kier alpha value is -2.30. The lowest BCUT2D eigenvalue weighted by Gasteiger charge is -2.13. The van der Waals surface area contributed by atoms with E-state index >= 15 is 0 Å². The summed E-state index contributed by atoms with van der Waals surface area (Å²) in [5.41, 5.74) is 1.44. The third-order valence-corrected chi connectivity index (χ3v) is 2.91. The topological polar surface area (TPSA) is 56.1 Å². The first-order chi connectivity index (χ1) is 9.10. The molecule has 0 aliphatic rings. The van der Waals surface area contributed by atoms with Crippen LogP contribution in [0.25, 0.3) is 0 Å². The average Bonchev–Trinajstić information content (AvgIpc) is 2.85. The fraction of sp³-hybridized carbons (Fsp3) is 0.286. The van der Waals surface area contributed by atoms with Crippen molar-refractivity contribution in [3.63, 3.8) is 0 Å². The summed E-state index contributed by atoms with van der Waals surface area (Å²) in [5, 5.41) is 6.98. The lowest BCUT2D eigenvalue weighted by atomic mass is 10.1. The minimum absolute atomic E-state index is 0.0830. The van der Waals surface area contributed by atoms with Gasteiger partial charge in [-0.05, 0) is 30.7 Å². The molecule has 0 aliphatic carbocycles. The van der Waals surface area contributed by atoms with E-state index in [1.54, 1.807) is 31.1 Å². The third-order valence-electron chi connectivity index (χ3n) is 2.91. The van der Waals surface area contributed by atoms with Gasteiger partial charge in [-0.2, -0.15) is 5.10 Å². The van der Waals surface area contributed by atoms with Crippen LogP contribution in [0.2, 0.25) is 0 Å². The zero-order valence-corrected chi connectivity index (χ0v) is 11.3. The Labute approximate surface area is 112 Å². The molecule has 1 unspecified atom stereocenters. The summed E-state index contributed by atoms with van der Waals surface area (Å²) in [7, 11) is 3.41. The van der Waals surface area contributed by atoms with Crippen molar-refractivity contribution < 1.29 is 9.53 Å². The molecule has 19 heavy (non-hydrogen) atoms. The van der Waals surface area contributed by atoms with E-state index in [2.05, 4.69) is 10.4 Å². The Morgan fingerprint density at radius 2 is 2.00 bits per heavy atom. The number of methoxy groups -OCH3 is 1. The Morgan fingerprint density at radius 3 is 2.53 bits per heavy atom. The van der Waals surface area contributed by atoms with E-state index in [0.717, 1.165) is 11.3 Å². The molecule has 2 aromatic rings. The molecule has 1 atom stereocenters. The highest BCUT2D eigenvalue weighted by molar-refractivity contribution is 5.92. The number of hydrogen-bond donors (Lipinski definition) is 1. The van der Waals surface area contributed by atoms with Crippen molar-refractivity contribution >= 4 is 5.91 Å². The van der Waals surface area contributed by atoms with Crippen molar-refractivity contribution in [2.45, 2.75) is 13.0 Å². The second kappa shape index (κ2) is 5.56. The van der Waals surface area contributed by atoms with Crippen molar-refractivity contribution in [3.8, 4) is 5.75 Å². The van der Waals surface area contributed by atoms with Crippen LogP contribution in [-0.4, -0.2) is 22.8 Å². The molecule has 1 aromatic carbocycles. The number of rotatable bonds is 4. The zero-order valence-electron chi connectivity index (χ0n) is 11.3. The fourth-order valence-corrected chi connectivity index (χ4v) is 1.78. The Morgan fingerprint density at radius 1 is 1.32 bits per heavy atom. The maximum Gasteiger partial charge on any atom is 0.272 e. The molecule has 5 heteroatoms. The lowest BCUT2D eigenvalue weighted by molar-refractivity contribution is 0.0934. The minimum atomic E-state index is -0.177. The Kier molecular flexibility index (Phi) is 3.85. The van der Waals surface area contributed by atoms with E-state index in [1.807, 2.05) is 31.2 Å². The van der Waals surface area contributed by atoms with Gasteiger partial charge in [-0.15, -0.1) is 0 Å². The molecule has 100 valence electrons. The maximum atomic E-state index is 12.0. The van der Waals surface area contributed by atoms with Crippen LogP contribution in [0.15, 0.2) is 36.5 Å². The highest BCUT2D eigenvalue weighted by atomic mass is 16.5. The molecule has 1 amide bonds. The number of benzene rings is 1. The summed E-state index contributed by atoms with van der Waals surface area (Å²) in [6.07, 6.45) is 1.74. The number of carbonyl (C=O) groups excluding carboxylic acids is 1. The van der Waals surface area contributed by atoms with Gasteiger partial charge in [0.2, 0.25) is 0 Å². The summed E-state index contributed by atoms with van der Waals surface area (Å²) in [5.74, 6) is 0.621. The number of hydrogen-bond acceptors (Lipinski definition) is 3. The first-order valence-electron chi connectivity index (χ1n) is 6.04. The molecular weight excluding hydrogens is 242 g/mol. The number of aryl methyl sites for hydroxylation is 1. The molecule has 1 aromatic heterocycles. The summed E-state index contributed by atoms with van der Waals surface area (Å²) in [4.78, 5) is 12.0. The zero-order chi connectivity index (χ0) is 13.8. The first-order valence-corrected chi connectivity index (χ1v) is 6.04. The van der Waals surface area contributed by atoms with E-state index in [1.165, 1.54) is 0 Å². The molecule has 0 spiro atoms. The number of aromatic nitrogens is 2. The molecule has 1 heterocycles. The molecule has 0 radical (unpaired) electrons. The number of amides is 1. The molecule has 5 nitrogen and oxygen atoms in total. The van der Waals surface area contributed by atoms with E-state index in [4.69, 9.17) is 4.74 Å². The molecule has 0 fully saturated rings. The van der Waals surface area contributed by atoms with Crippen LogP contribution < -0.4 is 10.1 Å². The van der Waals surface area contributed by atoms with Gasteiger partial charge in [0.05, 0.1) is 13.2 Å². The van der Waals surface area contributed by atoms with Crippen molar-refractivity contribution in [1.82, 2.24) is 15.1 Å². The minimum Gasteiger partial charge on any atom is -0.497 e. The van der Waals surface area contributed by atoms with Gasteiger partial charge < -0.3 is 10.1 Å². The molecule has 2 rings (SSSR count).